The second-order valence-corrected chi connectivity index (χ2v) is 7.57. The third-order valence-corrected chi connectivity index (χ3v) is 5.02. The van der Waals surface area contributed by atoms with Crippen LogP contribution in [0.25, 0.3) is 0 Å². The number of carboxylic acids is 1. The van der Waals surface area contributed by atoms with Crippen molar-refractivity contribution in [3.63, 3.8) is 0 Å². The highest BCUT2D eigenvalue weighted by Crippen LogP contribution is 2.32. The zero-order valence-electron chi connectivity index (χ0n) is 14.4. The molecule has 2 atom stereocenters. The van der Waals surface area contributed by atoms with Gasteiger partial charge < -0.3 is 14.9 Å². The molecule has 23 heavy (non-hydrogen) atoms. The highest BCUT2D eigenvalue weighted by molar-refractivity contribution is 5.89. The molecule has 0 aromatic rings. The lowest BCUT2D eigenvalue weighted by Crippen LogP contribution is -2.53. The van der Waals surface area contributed by atoms with Crippen molar-refractivity contribution in [3.8, 4) is 0 Å². The van der Waals surface area contributed by atoms with Gasteiger partial charge in [0.25, 0.3) is 0 Å². The van der Waals surface area contributed by atoms with Crippen LogP contribution in [-0.4, -0.2) is 58.4 Å². The Morgan fingerprint density at radius 1 is 1.26 bits per heavy atom. The normalized spacial score (nSPS) is 26.7. The molecule has 2 heterocycles. The summed E-state index contributed by atoms with van der Waals surface area (Å²) in [5.74, 6) is -0.594. The summed E-state index contributed by atoms with van der Waals surface area (Å²) in [4.78, 5) is 40.0. The molecule has 0 aromatic carbocycles. The molecule has 0 saturated carbocycles. The summed E-state index contributed by atoms with van der Waals surface area (Å²) in [5, 5.41) is 9.34. The monoisotopic (exact) mass is 324 g/mol. The van der Waals surface area contributed by atoms with Gasteiger partial charge in [-0.2, -0.15) is 0 Å². The highest BCUT2D eigenvalue weighted by Gasteiger charge is 2.44. The Bertz CT molecular complexity index is 491. The molecular formula is C17H28N2O4. The van der Waals surface area contributed by atoms with Crippen LogP contribution in [0.4, 0.5) is 0 Å². The van der Waals surface area contributed by atoms with Crippen LogP contribution in [0.5, 0.6) is 0 Å². The predicted octanol–water partition coefficient (Wildman–Crippen LogP) is 1.74. The number of likely N-dealkylation sites (tertiary alicyclic amines) is 2. The summed E-state index contributed by atoms with van der Waals surface area (Å²) < 4.78 is 0. The van der Waals surface area contributed by atoms with Crippen molar-refractivity contribution in [1.29, 1.82) is 0 Å². The summed E-state index contributed by atoms with van der Waals surface area (Å²) in [6.45, 7) is 7.09. The molecular weight excluding hydrogens is 296 g/mol. The van der Waals surface area contributed by atoms with Gasteiger partial charge in [-0.25, -0.2) is 0 Å². The van der Waals surface area contributed by atoms with Gasteiger partial charge in [0, 0.05) is 26.1 Å². The number of rotatable bonds is 5. The third kappa shape index (κ3) is 3.85. The zero-order valence-corrected chi connectivity index (χ0v) is 14.4. The van der Waals surface area contributed by atoms with Gasteiger partial charge in [0.1, 0.15) is 6.04 Å². The fourth-order valence-corrected chi connectivity index (χ4v) is 3.50. The summed E-state index contributed by atoms with van der Waals surface area (Å²) in [7, 11) is 0. The Labute approximate surface area is 137 Å². The second-order valence-electron chi connectivity index (χ2n) is 7.57. The van der Waals surface area contributed by atoms with E-state index in [0.717, 1.165) is 12.8 Å². The number of hydrogen-bond acceptors (Lipinski definition) is 3. The highest BCUT2D eigenvalue weighted by atomic mass is 16.4. The van der Waals surface area contributed by atoms with Crippen molar-refractivity contribution < 1.29 is 19.5 Å². The summed E-state index contributed by atoms with van der Waals surface area (Å²) in [6.07, 6.45) is 3.43. The van der Waals surface area contributed by atoms with Crippen molar-refractivity contribution >= 4 is 17.8 Å². The Hall–Kier alpha value is -1.59. The van der Waals surface area contributed by atoms with Crippen LogP contribution in [0.1, 0.15) is 52.9 Å². The molecule has 0 radical (unpaired) electrons. The molecule has 130 valence electrons. The molecule has 6 nitrogen and oxygen atoms in total. The summed E-state index contributed by atoms with van der Waals surface area (Å²) >= 11 is 0. The van der Waals surface area contributed by atoms with Crippen LogP contribution in [0.3, 0.4) is 0 Å². The van der Waals surface area contributed by atoms with Crippen molar-refractivity contribution in [3.05, 3.63) is 0 Å². The number of aliphatic carboxylic acids is 1. The first-order valence-corrected chi connectivity index (χ1v) is 8.56. The third-order valence-electron chi connectivity index (χ3n) is 5.02. The first-order valence-electron chi connectivity index (χ1n) is 8.56. The fraction of sp³-hybridized carbons (Fsp3) is 0.824. The van der Waals surface area contributed by atoms with E-state index < -0.39 is 17.4 Å². The van der Waals surface area contributed by atoms with Crippen molar-refractivity contribution in [1.82, 2.24) is 9.80 Å². The number of carboxylic acid groups (broad SMARTS) is 1. The lowest BCUT2D eigenvalue weighted by Gasteiger charge is -2.37. The van der Waals surface area contributed by atoms with Crippen LogP contribution >= 0.6 is 0 Å². The molecule has 2 saturated heterocycles. The van der Waals surface area contributed by atoms with Gasteiger partial charge in [0.2, 0.25) is 11.8 Å². The number of amides is 2. The number of nitrogens with zero attached hydrogens (tertiary/aromatic N) is 2. The van der Waals surface area contributed by atoms with E-state index in [2.05, 4.69) is 0 Å². The largest absolute Gasteiger partial charge is 0.481 e. The number of carbonyl (C=O) groups excluding carboxylic acids is 2. The van der Waals surface area contributed by atoms with Crippen LogP contribution < -0.4 is 0 Å². The molecule has 2 aliphatic heterocycles. The average molecular weight is 324 g/mol. The minimum Gasteiger partial charge on any atom is -0.481 e. The Morgan fingerprint density at radius 2 is 1.96 bits per heavy atom. The van der Waals surface area contributed by atoms with Gasteiger partial charge in [-0.05, 0) is 38.5 Å². The molecule has 2 fully saturated rings. The van der Waals surface area contributed by atoms with Crippen LogP contribution in [0.15, 0.2) is 0 Å². The van der Waals surface area contributed by atoms with E-state index in [4.69, 9.17) is 0 Å². The predicted molar refractivity (Wildman–Crippen MR) is 85.7 cm³/mol. The molecule has 0 spiro atoms. The van der Waals surface area contributed by atoms with Crippen molar-refractivity contribution in [2.75, 3.05) is 19.6 Å². The smallest absolute Gasteiger partial charge is 0.311 e. The lowest BCUT2D eigenvalue weighted by atomic mass is 9.90. The second kappa shape index (κ2) is 6.89. The summed E-state index contributed by atoms with van der Waals surface area (Å²) in [5.41, 5.74) is -0.871. The minimum atomic E-state index is -0.871. The zero-order chi connectivity index (χ0) is 17.2. The van der Waals surface area contributed by atoms with Gasteiger partial charge in [0.15, 0.2) is 0 Å². The van der Waals surface area contributed by atoms with Crippen molar-refractivity contribution in [2.24, 2.45) is 11.3 Å². The fourth-order valence-electron chi connectivity index (χ4n) is 3.50. The van der Waals surface area contributed by atoms with Gasteiger partial charge in [0.05, 0.1) is 5.41 Å². The van der Waals surface area contributed by atoms with Crippen LogP contribution in [0.2, 0.25) is 0 Å². The number of carbonyl (C=O) groups is 3. The topological polar surface area (TPSA) is 77.9 Å². The SMILES string of the molecule is CC(C)CC(C(=O)N1CCC(C)(C(=O)O)C1)N1CCCCC1=O. The first-order chi connectivity index (χ1) is 10.7. The number of hydrogen-bond donors (Lipinski definition) is 1. The summed E-state index contributed by atoms with van der Waals surface area (Å²) in [6, 6.07) is -0.445. The maximum Gasteiger partial charge on any atom is 0.311 e. The van der Waals surface area contributed by atoms with E-state index >= 15 is 0 Å². The van der Waals surface area contributed by atoms with Crippen LogP contribution in [0, 0.1) is 11.3 Å². The quantitative estimate of drug-likeness (QED) is 0.835. The van der Waals surface area contributed by atoms with Crippen molar-refractivity contribution in [2.45, 2.75) is 58.9 Å². The molecule has 2 amide bonds. The Kier molecular flexibility index (Phi) is 5.32. The van der Waals surface area contributed by atoms with Gasteiger partial charge in [-0.15, -0.1) is 0 Å². The van der Waals surface area contributed by atoms with Gasteiger partial charge in [-0.3, -0.25) is 14.4 Å². The van der Waals surface area contributed by atoms with E-state index in [1.165, 1.54) is 0 Å². The molecule has 1 N–H and O–H groups in total. The Balaban J connectivity index is 2.14. The molecule has 2 aliphatic rings. The van der Waals surface area contributed by atoms with Gasteiger partial charge >= 0.3 is 5.97 Å². The standard InChI is InChI=1S/C17H28N2O4/c1-12(2)10-13(19-8-5-4-6-14(19)20)15(21)18-9-7-17(3,11-18)16(22)23/h12-13H,4-11H2,1-3H3,(H,22,23). The van der Waals surface area contributed by atoms with E-state index in [0.29, 0.717) is 38.3 Å². The van der Waals surface area contributed by atoms with E-state index in [-0.39, 0.29) is 18.4 Å². The maximum atomic E-state index is 13.0. The molecule has 0 aliphatic carbocycles. The molecule has 0 bridgehead atoms. The first kappa shape index (κ1) is 17.8. The van der Waals surface area contributed by atoms with Gasteiger partial charge in [-0.1, -0.05) is 13.8 Å². The van der Waals surface area contributed by atoms with E-state index in [1.54, 1.807) is 16.7 Å². The lowest BCUT2D eigenvalue weighted by molar-refractivity contribution is -0.150. The van der Waals surface area contributed by atoms with Crippen LogP contribution in [-0.2, 0) is 14.4 Å². The number of piperidine rings is 1. The average Bonchev–Trinajstić information content (AvgIpc) is 2.89. The molecule has 2 unspecified atom stereocenters. The van der Waals surface area contributed by atoms with E-state index in [9.17, 15) is 19.5 Å². The minimum absolute atomic E-state index is 0.0513. The molecule has 6 heteroatoms. The molecule has 2 rings (SSSR count). The van der Waals surface area contributed by atoms with E-state index in [1.807, 2.05) is 13.8 Å². The maximum absolute atomic E-state index is 13.0. The Morgan fingerprint density at radius 3 is 2.48 bits per heavy atom. The molecule has 0 aromatic heterocycles.